The van der Waals surface area contributed by atoms with Crippen molar-refractivity contribution >= 4 is 54.6 Å². The van der Waals surface area contributed by atoms with Gasteiger partial charge in [-0.25, -0.2) is 9.97 Å². The fourth-order valence-corrected chi connectivity index (χ4v) is 7.21. The number of hydrogen-bond acceptors (Lipinski definition) is 3. The number of fused-ring (bicyclic) bond motifs is 8. The molecule has 0 saturated carbocycles. The van der Waals surface area contributed by atoms with Crippen LogP contribution in [0.15, 0.2) is 168 Å². The van der Waals surface area contributed by atoms with E-state index in [9.17, 15) is 0 Å². The molecule has 0 saturated heterocycles. The standard InChI is InChI=1S/C44H27N3O/c1-4-14-29(15-5-1)40-43-41(46-44(45-40)30-16-6-2-7-17-30)35-22-12-21-34(42(35)48-43)31-24-25-37-36(27-31)39-33-20-11-10-13-28(33)23-26-38(39)47(37)32-18-8-3-9-19-32/h1-27H. The van der Waals surface area contributed by atoms with Crippen molar-refractivity contribution in [3.05, 3.63) is 164 Å². The van der Waals surface area contributed by atoms with Crippen molar-refractivity contribution in [2.75, 3.05) is 0 Å². The van der Waals surface area contributed by atoms with Gasteiger partial charge in [-0.15, -0.1) is 0 Å². The van der Waals surface area contributed by atoms with E-state index in [1.54, 1.807) is 0 Å². The van der Waals surface area contributed by atoms with Crippen LogP contribution in [0.5, 0.6) is 0 Å². The van der Waals surface area contributed by atoms with Gasteiger partial charge in [0, 0.05) is 38.5 Å². The van der Waals surface area contributed by atoms with Crippen LogP contribution in [0.2, 0.25) is 0 Å². The minimum atomic E-state index is 0.678. The van der Waals surface area contributed by atoms with Gasteiger partial charge in [0.25, 0.3) is 0 Å². The minimum Gasteiger partial charge on any atom is -0.451 e. The summed E-state index contributed by atoms with van der Waals surface area (Å²) in [4.78, 5) is 10.2. The SMILES string of the molecule is c1ccc(-c2nc(-c3ccccc3)c3oc4c(-c5ccc6c(c5)c5c7ccccc7ccc5n6-c5ccccc5)cccc4c3n2)cc1. The summed E-state index contributed by atoms with van der Waals surface area (Å²) in [5.74, 6) is 0.678. The fraction of sp³-hybridized carbons (Fsp3) is 0. The van der Waals surface area contributed by atoms with Gasteiger partial charge in [-0.2, -0.15) is 0 Å². The maximum Gasteiger partial charge on any atom is 0.180 e. The highest BCUT2D eigenvalue weighted by atomic mass is 16.3. The lowest BCUT2D eigenvalue weighted by Crippen LogP contribution is -1.93. The van der Waals surface area contributed by atoms with Crippen molar-refractivity contribution in [1.82, 2.24) is 14.5 Å². The molecule has 0 aliphatic heterocycles. The summed E-state index contributed by atoms with van der Waals surface area (Å²) >= 11 is 0. The van der Waals surface area contributed by atoms with Gasteiger partial charge in [-0.1, -0.05) is 127 Å². The van der Waals surface area contributed by atoms with E-state index in [1.165, 1.54) is 27.1 Å². The van der Waals surface area contributed by atoms with Crippen molar-refractivity contribution in [3.63, 3.8) is 0 Å². The number of furan rings is 1. The smallest absolute Gasteiger partial charge is 0.180 e. The Labute approximate surface area is 276 Å². The maximum atomic E-state index is 6.83. The highest BCUT2D eigenvalue weighted by Gasteiger charge is 2.21. The zero-order chi connectivity index (χ0) is 31.6. The zero-order valence-corrected chi connectivity index (χ0v) is 25.8. The molecule has 0 bridgehead atoms. The topological polar surface area (TPSA) is 43.9 Å². The van der Waals surface area contributed by atoms with E-state index in [4.69, 9.17) is 14.4 Å². The Hall–Kier alpha value is -6.52. The van der Waals surface area contributed by atoms with Crippen LogP contribution < -0.4 is 0 Å². The third-order valence-electron chi connectivity index (χ3n) is 9.40. The largest absolute Gasteiger partial charge is 0.451 e. The number of para-hydroxylation sites is 2. The minimum absolute atomic E-state index is 0.678. The maximum absolute atomic E-state index is 6.83. The van der Waals surface area contributed by atoms with Gasteiger partial charge < -0.3 is 8.98 Å². The molecule has 224 valence electrons. The molecule has 0 aliphatic rings. The summed E-state index contributed by atoms with van der Waals surface area (Å²) in [6.07, 6.45) is 0. The first-order valence-corrected chi connectivity index (χ1v) is 16.2. The first-order valence-electron chi connectivity index (χ1n) is 16.2. The number of rotatable bonds is 4. The first kappa shape index (κ1) is 26.7. The second kappa shape index (κ2) is 10.5. The average molecular weight is 614 g/mol. The van der Waals surface area contributed by atoms with E-state index in [1.807, 2.05) is 36.4 Å². The van der Waals surface area contributed by atoms with Crippen LogP contribution in [-0.4, -0.2) is 14.5 Å². The molecule has 3 heterocycles. The second-order valence-corrected chi connectivity index (χ2v) is 12.2. The Balaban J connectivity index is 1.26. The molecule has 3 aromatic heterocycles. The monoisotopic (exact) mass is 613 g/mol. The van der Waals surface area contributed by atoms with E-state index in [0.29, 0.717) is 11.4 Å². The van der Waals surface area contributed by atoms with Crippen molar-refractivity contribution < 1.29 is 4.42 Å². The fourth-order valence-electron chi connectivity index (χ4n) is 7.21. The van der Waals surface area contributed by atoms with Crippen LogP contribution in [0.25, 0.3) is 94.1 Å². The number of aromatic nitrogens is 3. The van der Waals surface area contributed by atoms with E-state index in [0.717, 1.165) is 55.6 Å². The van der Waals surface area contributed by atoms with Gasteiger partial charge in [-0.3, -0.25) is 0 Å². The molecule has 0 aliphatic carbocycles. The molecule has 0 radical (unpaired) electrons. The predicted molar refractivity (Wildman–Crippen MR) is 197 cm³/mol. The Morgan fingerprint density at radius 1 is 0.458 bits per heavy atom. The molecule has 0 amide bonds. The Morgan fingerprint density at radius 2 is 1.15 bits per heavy atom. The zero-order valence-electron chi connectivity index (χ0n) is 25.8. The summed E-state index contributed by atoms with van der Waals surface area (Å²) in [6.45, 7) is 0. The molecule has 48 heavy (non-hydrogen) atoms. The highest BCUT2D eigenvalue weighted by molar-refractivity contribution is 6.22. The normalized spacial score (nSPS) is 11.8. The summed E-state index contributed by atoms with van der Waals surface area (Å²) in [6, 6.07) is 57.2. The Morgan fingerprint density at radius 3 is 1.96 bits per heavy atom. The van der Waals surface area contributed by atoms with Crippen LogP contribution in [0.3, 0.4) is 0 Å². The summed E-state index contributed by atoms with van der Waals surface area (Å²) in [5.41, 5.74) is 10.7. The van der Waals surface area contributed by atoms with Gasteiger partial charge in [0.2, 0.25) is 0 Å². The van der Waals surface area contributed by atoms with Crippen molar-refractivity contribution in [1.29, 1.82) is 0 Å². The van der Waals surface area contributed by atoms with Crippen LogP contribution in [-0.2, 0) is 0 Å². The van der Waals surface area contributed by atoms with Crippen molar-refractivity contribution in [2.24, 2.45) is 0 Å². The van der Waals surface area contributed by atoms with Crippen LogP contribution in [0, 0.1) is 0 Å². The molecule has 4 nitrogen and oxygen atoms in total. The van der Waals surface area contributed by atoms with E-state index >= 15 is 0 Å². The quantitative estimate of drug-likeness (QED) is 0.198. The predicted octanol–water partition coefficient (Wildman–Crippen LogP) is 11.6. The molecule has 0 unspecified atom stereocenters. The van der Waals surface area contributed by atoms with Crippen LogP contribution in [0.4, 0.5) is 0 Å². The Bertz CT molecular complexity index is 2820. The number of nitrogens with zero attached hydrogens (tertiary/aromatic N) is 3. The van der Waals surface area contributed by atoms with Crippen LogP contribution >= 0.6 is 0 Å². The number of benzene rings is 7. The van der Waals surface area contributed by atoms with Gasteiger partial charge >= 0.3 is 0 Å². The van der Waals surface area contributed by atoms with E-state index in [2.05, 4.69) is 132 Å². The highest BCUT2D eigenvalue weighted by Crippen LogP contribution is 2.42. The van der Waals surface area contributed by atoms with E-state index < -0.39 is 0 Å². The molecular formula is C44H27N3O. The Kier molecular flexibility index (Phi) is 5.84. The third-order valence-corrected chi connectivity index (χ3v) is 9.40. The lowest BCUT2D eigenvalue weighted by Gasteiger charge is -2.08. The molecule has 0 N–H and O–H groups in total. The molecule has 10 aromatic rings. The van der Waals surface area contributed by atoms with Gasteiger partial charge in [-0.05, 0) is 52.7 Å². The lowest BCUT2D eigenvalue weighted by molar-refractivity contribution is 0.668. The van der Waals surface area contributed by atoms with Crippen LogP contribution in [0.1, 0.15) is 0 Å². The van der Waals surface area contributed by atoms with Crippen molar-refractivity contribution in [3.8, 4) is 39.5 Å². The van der Waals surface area contributed by atoms with Gasteiger partial charge in [0.15, 0.2) is 11.4 Å². The molecule has 0 spiro atoms. The molecular weight excluding hydrogens is 587 g/mol. The average Bonchev–Trinajstić information content (AvgIpc) is 3.71. The summed E-state index contributed by atoms with van der Waals surface area (Å²) in [7, 11) is 0. The molecule has 0 atom stereocenters. The molecule has 10 rings (SSSR count). The third kappa shape index (κ3) is 4.03. The first-order chi connectivity index (χ1) is 23.8. The number of hydrogen-bond donors (Lipinski definition) is 0. The summed E-state index contributed by atoms with van der Waals surface area (Å²) < 4.78 is 9.20. The lowest BCUT2D eigenvalue weighted by atomic mass is 9.99. The molecule has 7 aromatic carbocycles. The summed E-state index contributed by atoms with van der Waals surface area (Å²) in [5, 5.41) is 5.88. The second-order valence-electron chi connectivity index (χ2n) is 12.2. The molecule has 4 heteroatoms. The van der Waals surface area contributed by atoms with Gasteiger partial charge in [0.1, 0.15) is 16.8 Å². The van der Waals surface area contributed by atoms with Gasteiger partial charge in [0.05, 0.1) is 11.0 Å². The van der Waals surface area contributed by atoms with Crippen molar-refractivity contribution in [2.45, 2.75) is 0 Å². The molecule has 0 fully saturated rings. The van der Waals surface area contributed by atoms with E-state index in [-0.39, 0.29) is 0 Å².